The van der Waals surface area contributed by atoms with E-state index >= 15 is 0 Å². The van der Waals surface area contributed by atoms with Gasteiger partial charge in [0, 0.05) is 31.8 Å². The van der Waals surface area contributed by atoms with E-state index in [0.29, 0.717) is 19.6 Å². The zero-order chi connectivity index (χ0) is 17.0. The first-order valence-corrected chi connectivity index (χ1v) is 7.56. The summed E-state index contributed by atoms with van der Waals surface area (Å²) in [5, 5.41) is 20.9. The molecule has 0 aliphatic carbocycles. The van der Waals surface area contributed by atoms with Gasteiger partial charge in [-0.25, -0.2) is 0 Å². The molecule has 23 heavy (non-hydrogen) atoms. The van der Waals surface area contributed by atoms with E-state index in [1.54, 1.807) is 14.2 Å². The van der Waals surface area contributed by atoms with Gasteiger partial charge in [-0.1, -0.05) is 35.4 Å². The maximum atomic E-state index is 10.5. The highest BCUT2D eigenvalue weighted by molar-refractivity contribution is 5.50. The van der Waals surface area contributed by atoms with Gasteiger partial charge in [0.1, 0.15) is 11.5 Å². The predicted octanol–water partition coefficient (Wildman–Crippen LogP) is 3.60. The second kappa shape index (κ2) is 7.49. The molecule has 0 unspecified atom stereocenters. The van der Waals surface area contributed by atoms with Gasteiger partial charge in [0.15, 0.2) is 0 Å². The van der Waals surface area contributed by atoms with E-state index in [1.807, 2.05) is 38.1 Å². The quantitative estimate of drug-likeness (QED) is 0.855. The van der Waals surface area contributed by atoms with Gasteiger partial charge < -0.3 is 19.7 Å². The fourth-order valence-corrected chi connectivity index (χ4v) is 2.87. The lowest BCUT2D eigenvalue weighted by atomic mass is 9.95. The highest BCUT2D eigenvalue weighted by Crippen LogP contribution is 2.32. The largest absolute Gasteiger partial charge is 0.507 e. The Morgan fingerprint density at radius 2 is 1.04 bits per heavy atom. The maximum absolute atomic E-state index is 10.5. The molecule has 0 saturated heterocycles. The summed E-state index contributed by atoms with van der Waals surface area (Å²) in [4.78, 5) is 0. The lowest BCUT2D eigenvalue weighted by Crippen LogP contribution is -1.99. The van der Waals surface area contributed by atoms with Crippen LogP contribution >= 0.6 is 0 Å². The number of ether oxygens (including phenoxy) is 2. The minimum absolute atomic E-state index is 0.228. The van der Waals surface area contributed by atoms with Crippen molar-refractivity contribution in [3.8, 4) is 11.5 Å². The summed E-state index contributed by atoms with van der Waals surface area (Å²) in [5.74, 6) is 0.457. The fourth-order valence-electron chi connectivity index (χ4n) is 2.87. The van der Waals surface area contributed by atoms with Gasteiger partial charge in [0.25, 0.3) is 0 Å². The number of aryl methyl sites for hydroxylation is 2. The Labute approximate surface area is 137 Å². The Bertz CT molecular complexity index is 633. The third kappa shape index (κ3) is 4.03. The number of aromatic hydroxyl groups is 2. The van der Waals surface area contributed by atoms with E-state index in [2.05, 4.69) is 0 Å². The van der Waals surface area contributed by atoms with Crippen LogP contribution in [0.4, 0.5) is 0 Å². The summed E-state index contributed by atoms with van der Waals surface area (Å²) in [5.41, 5.74) is 5.17. The van der Waals surface area contributed by atoms with Crippen LogP contribution in [-0.4, -0.2) is 24.4 Å². The predicted molar refractivity (Wildman–Crippen MR) is 89.9 cm³/mol. The maximum Gasteiger partial charge on any atom is 0.124 e. The smallest absolute Gasteiger partial charge is 0.124 e. The highest BCUT2D eigenvalue weighted by Gasteiger charge is 2.14. The van der Waals surface area contributed by atoms with Gasteiger partial charge in [-0.05, 0) is 25.0 Å². The molecule has 0 atom stereocenters. The topological polar surface area (TPSA) is 58.9 Å². The van der Waals surface area contributed by atoms with Crippen molar-refractivity contribution in [2.24, 2.45) is 0 Å². The first-order chi connectivity index (χ1) is 11.0. The van der Waals surface area contributed by atoms with E-state index in [4.69, 9.17) is 9.47 Å². The van der Waals surface area contributed by atoms with Crippen LogP contribution in [0.15, 0.2) is 24.3 Å². The van der Waals surface area contributed by atoms with Crippen LogP contribution in [0, 0.1) is 13.8 Å². The molecule has 0 spiro atoms. The zero-order valence-corrected chi connectivity index (χ0v) is 14.1. The molecule has 0 bridgehead atoms. The molecule has 0 heterocycles. The van der Waals surface area contributed by atoms with E-state index < -0.39 is 0 Å². The lowest BCUT2D eigenvalue weighted by molar-refractivity contribution is 0.181. The van der Waals surface area contributed by atoms with Gasteiger partial charge in [-0.3, -0.25) is 0 Å². The molecule has 4 heteroatoms. The Morgan fingerprint density at radius 3 is 1.39 bits per heavy atom. The van der Waals surface area contributed by atoms with Crippen molar-refractivity contribution in [2.75, 3.05) is 14.2 Å². The van der Waals surface area contributed by atoms with Gasteiger partial charge in [-0.15, -0.1) is 0 Å². The van der Waals surface area contributed by atoms with E-state index in [9.17, 15) is 10.2 Å². The van der Waals surface area contributed by atoms with Crippen LogP contribution < -0.4 is 0 Å². The summed E-state index contributed by atoms with van der Waals surface area (Å²) in [6.45, 7) is 4.67. The van der Waals surface area contributed by atoms with Crippen LogP contribution in [-0.2, 0) is 29.1 Å². The minimum atomic E-state index is 0.228. The van der Waals surface area contributed by atoms with Gasteiger partial charge >= 0.3 is 0 Å². The van der Waals surface area contributed by atoms with E-state index in [1.165, 1.54) is 0 Å². The molecule has 0 fully saturated rings. The first kappa shape index (κ1) is 17.3. The van der Waals surface area contributed by atoms with Crippen LogP contribution in [0.25, 0.3) is 0 Å². The molecule has 0 amide bonds. The van der Waals surface area contributed by atoms with Gasteiger partial charge in [0.05, 0.1) is 13.2 Å². The normalized spacial score (nSPS) is 11.0. The third-order valence-electron chi connectivity index (χ3n) is 3.80. The Balaban J connectivity index is 2.43. The Hall–Kier alpha value is -2.04. The summed E-state index contributed by atoms with van der Waals surface area (Å²) in [6, 6.07) is 7.70. The molecule has 2 rings (SSSR count). The average molecular weight is 316 g/mol. The number of rotatable bonds is 6. The summed E-state index contributed by atoms with van der Waals surface area (Å²) in [6.07, 6.45) is 0.453. The van der Waals surface area contributed by atoms with E-state index in [0.717, 1.165) is 33.4 Å². The Kier molecular flexibility index (Phi) is 5.64. The summed E-state index contributed by atoms with van der Waals surface area (Å²) in [7, 11) is 3.20. The summed E-state index contributed by atoms with van der Waals surface area (Å²) >= 11 is 0. The molecule has 124 valence electrons. The second-order valence-electron chi connectivity index (χ2n) is 5.91. The Morgan fingerprint density at radius 1 is 0.696 bits per heavy atom. The molecule has 0 saturated carbocycles. The number of hydrogen-bond donors (Lipinski definition) is 2. The van der Waals surface area contributed by atoms with Crippen molar-refractivity contribution < 1.29 is 19.7 Å². The molecule has 4 nitrogen and oxygen atoms in total. The molecule has 0 aromatic heterocycles. The third-order valence-corrected chi connectivity index (χ3v) is 3.80. The molecule has 0 aliphatic rings. The van der Waals surface area contributed by atoms with E-state index in [-0.39, 0.29) is 11.5 Å². The average Bonchev–Trinajstić information content (AvgIpc) is 2.49. The second-order valence-corrected chi connectivity index (χ2v) is 5.91. The fraction of sp³-hybridized carbons (Fsp3) is 0.368. The monoisotopic (exact) mass is 316 g/mol. The van der Waals surface area contributed by atoms with Crippen molar-refractivity contribution in [2.45, 2.75) is 33.5 Å². The highest BCUT2D eigenvalue weighted by atomic mass is 16.5. The standard InChI is InChI=1S/C19H24O4/c1-12-5-14(18(20)16(7-12)10-22-3)9-15-6-13(2)8-17(11-23-4)19(15)21/h5-8,20-21H,9-11H2,1-4H3. The van der Waals surface area contributed by atoms with Crippen LogP contribution in [0.5, 0.6) is 11.5 Å². The minimum Gasteiger partial charge on any atom is -0.507 e. The van der Waals surface area contributed by atoms with Crippen molar-refractivity contribution in [3.63, 3.8) is 0 Å². The van der Waals surface area contributed by atoms with Crippen LogP contribution in [0.3, 0.4) is 0 Å². The SMILES string of the molecule is COCc1cc(C)cc(Cc2cc(C)cc(COC)c2O)c1O. The molecule has 0 radical (unpaired) electrons. The molecular weight excluding hydrogens is 292 g/mol. The van der Waals surface area contributed by atoms with Gasteiger partial charge in [0.2, 0.25) is 0 Å². The molecule has 0 aliphatic heterocycles. The number of phenols is 2. The van der Waals surface area contributed by atoms with Crippen molar-refractivity contribution in [1.82, 2.24) is 0 Å². The molecule has 2 aromatic carbocycles. The lowest BCUT2D eigenvalue weighted by Gasteiger charge is -2.14. The first-order valence-electron chi connectivity index (χ1n) is 7.56. The van der Waals surface area contributed by atoms with Crippen molar-refractivity contribution >= 4 is 0 Å². The molecular formula is C19H24O4. The number of benzene rings is 2. The molecule has 2 aromatic rings. The number of phenolic OH excluding ortho intramolecular Hbond substituents is 2. The number of methoxy groups -OCH3 is 2. The zero-order valence-electron chi connectivity index (χ0n) is 14.1. The van der Waals surface area contributed by atoms with Gasteiger partial charge in [-0.2, -0.15) is 0 Å². The van der Waals surface area contributed by atoms with Crippen molar-refractivity contribution in [3.05, 3.63) is 57.6 Å². The van der Waals surface area contributed by atoms with Crippen molar-refractivity contribution in [1.29, 1.82) is 0 Å². The molecule has 2 N–H and O–H groups in total. The van der Waals surface area contributed by atoms with Crippen LogP contribution in [0.1, 0.15) is 33.4 Å². The summed E-state index contributed by atoms with van der Waals surface area (Å²) < 4.78 is 10.3. The van der Waals surface area contributed by atoms with Crippen LogP contribution in [0.2, 0.25) is 0 Å². The number of hydrogen-bond acceptors (Lipinski definition) is 4.